The molecular weight excluding hydrogens is 385 g/mol. The van der Waals surface area contributed by atoms with Gasteiger partial charge in [-0.25, -0.2) is 9.37 Å². The van der Waals surface area contributed by atoms with E-state index in [9.17, 15) is 19.1 Å². The minimum Gasteiger partial charge on any atom is -0.507 e. The van der Waals surface area contributed by atoms with Gasteiger partial charge in [-0.1, -0.05) is 48.5 Å². The molecule has 0 spiro atoms. The second-order valence-electron chi connectivity index (χ2n) is 7.03. The molecule has 152 valence electrons. The lowest BCUT2D eigenvalue weighted by atomic mass is 9.95. The highest BCUT2D eigenvalue weighted by molar-refractivity contribution is 6.46. The van der Waals surface area contributed by atoms with Crippen LogP contribution >= 0.6 is 0 Å². The number of nitrogens with zero attached hydrogens (tertiary/aromatic N) is 3. The highest BCUT2D eigenvalue weighted by Gasteiger charge is 2.46. The van der Waals surface area contributed by atoms with Crippen molar-refractivity contribution in [3.63, 3.8) is 0 Å². The zero-order chi connectivity index (χ0) is 21.1. The van der Waals surface area contributed by atoms with E-state index in [0.717, 1.165) is 0 Å². The molecule has 0 radical (unpaired) electrons. The second kappa shape index (κ2) is 8.32. The zero-order valence-electron chi connectivity index (χ0n) is 16.1. The van der Waals surface area contributed by atoms with E-state index in [1.54, 1.807) is 61.2 Å². The molecule has 1 amide bonds. The van der Waals surface area contributed by atoms with Gasteiger partial charge in [0.25, 0.3) is 11.7 Å². The van der Waals surface area contributed by atoms with Gasteiger partial charge in [0.2, 0.25) is 0 Å². The first kappa shape index (κ1) is 19.6. The minimum atomic E-state index is -0.991. The van der Waals surface area contributed by atoms with E-state index in [4.69, 9.17) is 0 Å². The van der Waals surface area contributed by atoms with Gasteiger partial charge in [0.1, 0.15) is 11.6 Å². The molecule has 0 aliphatic carbocycles. The number of halogens is 1. The van der Waals surface area contributed by atoms with Crippen molar-refractivity contribution in [1.82, 2.24) is 14.5 Å². The number of aromatic nitrogens is 2. The number of hydrogen-bond acceptors (Lipinski definition) is 4. The van der Waals surface area contributed by atoms with E-state index in [-0.39, 0.29) is 23.4 Å². The van der Waals surface area contributed by atoms with Gasteiger partial charge in [0, 0.05) is 36.6 Å². The maximum Gasteiger partial charge on any atom is 0.295 e. The average molecular weight is 405 g/mol. The molecule has 1 saturated heterocycles. The highest BCUT2D eigenvalue weighted by Crippen LogP contribution is 2.40. The molecule has 4 rings (SSSR count). The van der Waals surface area contributed by atoms with E-state index in [2.05, 4.69) is 4.98 Å². The fourth-order valence-corrected chi connectivity index (χ4v) is 3.72. The van der Waals surface area contributed by atoms with Crippen LogP contribution in [0.2, 0.25) is 0 Å². The molecule has 0 unspecified atom stereocenters. The van der Waals surface area contributed by atoms with Crippen molar-refractivity contribution in [3.05, 3.63) is 95.8 Å². The van der Waals surface area contributed by atoms with E-state index < -0.39 is 23.5 Å². The van der Waals surface area contributed by atoms with Crippen LogP contribution in [0.4, 0.5) is 4.39 Å². The number of carbonyl (C=O) groups excluding carboxylic acids is 2. The molecule has 2 heterocycles. The summed E-state index contributed by atoms with van der Waals surface area (Å²) in [5.41, 5.74) is 0.478. The standard InChI is InChI=1S/C23H20FN3O3/c24-18-10-5-4-9-17(18)20-19(21(28)16-7-2-1-3-8-16)22(29)23(30)27(20)13-6-12-26-14-11-25-15-26/h1-5,7-11,14-15,20,28H,6,12-13H2/b21-19+/t20-/m0/s1. The minimum absolute atomic E-state index is 0.0982. The SMILES string of the molecule is O=C1C(=O)N(CCCn2ccnc2)[C@@H](c2ccccc2F)/C1=C(\O)c1ccccc1. The third-order valence-electron chi connectivity index (χ3n) is 5.16. The van der Waals surface area contributed by atoms with Crippen LogP contribution in [0.3, 0.4) is 0 Å². The number of likely N-dealkylation sites (tertiary alicyclic amines) is 1. The van der Waals surface area contributed by atoms with Crippen molar-refractivity contribution >= 4 is 17.4 Å². The number of hydrogen-bond donors (Lipinski definition) is 1. The van der Waals surface area contributed by atoms with Gasteiger partial charge in [-0.05, 0) is 12.5 Å². The molecule has 1 aromatic heterocycles. The van der Waals surface area contributed by atoms with Gasteiger partial charge in [-0.15, -0.1) is 0 Å². The Kier molecular flexibility index (Phi) is 5.43. The molecule has 0 saturated carbocycles. The number of amides is 1. The number of aryl methyl sites for hydroxylation is 1. The number of carbonyl (C=O) groups is 2. The second-order valence-corrected chi connectivity index (χ2v) is 7.03. The summed E-state index contributed by atoms with van der Waals surface area (Å²) < 4.78 is 16.5. The molecule has 1 aliphatic rings. The monoisotopic (exact) mass is 405 g/mol. The van der Waals surface area contributed by atoms with Crippen LogP contribution in [-0.4, -0.2) is 37.8 Å². The summed E-state index contributed by atoms with van der Waals surface area (Å²) >= 11 is 0. The molecule has 0 bridgehead atoms. The number of imidazole rings is 1. The van der Waals surface area contributed by atoms with Crippen LogP contribution in [0.15, 0.2) is 78.9 Å². The van der Waals surface area contributed by atoms with E-state index in [0.29, 0.717) is 18.5 Å². The quantitative estimate of drug-likeness (QED) is 0.387. The van der Waals surface area contributed by atoms with Gasteiger partial charge in [0.15, 0.2) is 0 Å². The average Bonchev–Trinajstić information content (AvgIpc) is 3.37. The maximum absolute atomic E-state index is 14.7. The summed E-state index contributed by atoms with van der Waals surface area (Å²) in [7, 11) is 0. The van der Waals surface area contributed by atoms with Crippen LogP contribution in [-0.2, 0) is 16.1 Å². The van der Waals surface area contributed by atoms with Gasteiger partial charge in [-0.2, -0.15) is 0 Å². The highest BCUT2D eigenvalue weighted by atomic mass is 19.1. The summed E-state index contributed by atoms with van der Waals surface area (Å²) in [5, 5.41) is 10.9. The van der Waals surface area contributed by atoms with Crippen LogP contribution in [0.1, 0.15) is 23.6 Å². The van der Waals surface area contributed by atoms with E-state index in [1.165, 1.54) is 17.0 Å². The number of rotatable bonds is 6. The lowest BCUT2D eigenvalue weighted by Gasteiger charge is -2.25. The number of benzene rings is 2. The fraction of sp³-hybridized carbons (Fsp3) is 0.174. The molecule has 2 aromatic carbocycles. The lowest BCUT2D eigenvalue weighted by molar-refractivity contribution is -0.140. The maximum atomic E-state index is 14.7. The van der Waals surface area contributed by atoms with Crippen molar-refractivity contribution < 1.29 is 19.1 Å². The Morgan fingerprint density at radius 3 is 2.47 bits per heavy atom. The molecule has 1 aliphatic heterocycles. The molecular formula is C23H20FN3O3. The van der Waals surface area contributed by atoms with Crippen molar-refractivity contribution in [1.29, 1.82) is 0 Å². The molecule has 30 heavy (non-hydrogen) atoms. The third kappa shape index (κ3) is 3.61. The number of aliphatic hydroxyl groups is 1. The Bertz CT molecular complexity index is 1090. The van der Waals surface area contributed by atoms with E-state index >= 15 is 0 Å². The first-order valence-electron chi connectivity index (χ1n) is 9.62. The zero-order valence-corrected chi connectivity index (χ0v) is 16.1. The van der Waals surface area contributed by atoms with Crippen molar-refractivity contribution in [3.8, 4) is 0 Å². The first-order chi connectivity index (χ1) is 14.6. The van der Waals surface area contributed by atoms with E-state index in [1.807, 2.05) is 4.57 Å². The topological polar surface area (TPSA) is 75.4 Å². The predicted molar refractivity (Wildman–Crippen MR) is 109 cm³/mol. The van der Waals surface area contributed by atoms with Gasteiger partial charge in [-0.3, -0.25) is 9.59 Å². The Labute approximate surface area is 172 Å². The summed E-state index contributed by atoms with van der Waals surface area (Å²) in [4.78, 5) is 31.0. The Hall–Kier alpha value is -3.74. The summed E-state index contributed by atoms with van der Waals surface area (Å²) in [6, 6.07) is 13.5. The number of aliphatic hydroxyl groups excluding tert-OH is 1. The largest absolute Gasteiger partial charge is 0.507 e. The van der Waals surface area contributed by atoms with Crippen molar-refractivity contribution in [2.24, 2.45) is 0 Å². The van der Waals surface area contributed by atoms with Crippen molar-refractivity contribution in [2.45, 2.75) is 19.0 Å². The molecule has 6 nitrogen and oxygen atoms in total. The Balaban J connectivity index is 1.74. The van der Waals surface area contributed by atoms with Gasteiger partial charge in [0.05, 0.1) is 17.9 Å². The Morgan fingerprint density at radius 1 is 1.03 bits per heavy atom. The summed E-state index contributed by atoms with van der Waals surface area (Å²) in [6.45, 7) is 0.818. The van der Waals surface area contributed by atoms with Crippen LogP contribution in [0.25, 0.3) is 5.76 Å². The van der Waals surface area contributed by atoms with Crippen molar-refractivity contribution in [2.75, 3.05) is 6.54 Å². The summed E-state index contributed by atoms with van der Waals surface area (Å²) in [6.07, 6.45) is 5.67. The van der Waals surface area contributed by atoms with Crippen LogP contribution in [0.5, 0.6) is 0 Å². The van der Waals surface area contributed by atoms with Crippen LogP contribution in [0, 0.1) is 5.82 Å². The fourth-order valence-electron chi connectivity index (χ4n) is 3.72. The van der Waals surface area contributed by atoms with Gasteiger partial charge >= 0.3 is 0 Å². The first-order valence-corrected chi connectivity index (χ1v) is 9.62. The summed E-state index contributed by atoms with van der Waals surface area (Å²) in [5.74, 6) is -2.40. The molecule has 7 heteroatoms. The smallest absolute Gasteiger partial charge is 0.295 e. The molecule has 1 fully saturated rings. The molecule has 3 aromatic rings. The predicted octanol–water partition coefficient (Wildman–Crippen LogP) is 3.53. The molecule has 1 atom stereocenters. The number of Topliss-reactive ketones (excluding diaryl/α,β-unsaturated/α-hetero) is 1. The number of ketones is 1. The lowest BCUT2D eigenvalue weighted by Crippen LogP contribution is -2.31. The van der Waals surface area contributed by atoms with Gasteiger partial charge < -0.3 is 14.6 Å². The normalized spacial score (nSPS) is 18.2. The molecule has 1 N–H and O–H groups in total. The van der Waals surface area contributed by atoms with Crippen LogP contribution < -0.4 is 0 Å². The Morgan fingerprint density at radius 2 is 1.77 bits per heavy atom. The third-order valence-corrected chi connectivity index (χ3v) is 5.16.